The molecule has 0 bridgehead atoms. The second kappa shape index (κ2) is 33.6. The van der Waals surface area contributed by atoms with Gasteiger partial charge in [-0.25, -0.2) is 44.9 Å². The molecule has 0 aliphatic heterocycles. The Hall–Kier alpha value is -16.8. The van der Waals surface area contributed by atoms with Crippen LogP contribution in [0.1, 0.15) is 0 Å². The second-order valence-electron chi connectivity index (χ2n) is 30.7. The van der Waals surface area contributed by atoms with Gasteiger partial charge in [-0.1, -0.05) is 419 Å². The zero-order valence-electron chi connectivity index (χ0n) is 67.3. The Labute approximate surface area is 717 Å². The van der Waals surface area contributed by atoms with Gasteiger partial charge in [-0.05, 0) is 156 Å². The molecule has 0 N–H and O–H groups in total. The second-order valence-corrected chi connectivity index (χ2v) is 30.7. The number of benzene rings is 20. The predicted molar refractivity (Wildman–Crippen MR) is 513 cm³/mol. The minimum atomic E-state index is 0.645. The van der Waals surface area contributed by atoms with E-state index in [2.05, 4.69) is 376 Å². The van der Waals surface area contributed by atoms with Crippen molar-refractivity contribution in [2.45, 2.75) is 0 Å². The summed E-state index contributed by atoms with van der Waals surface area (Å²) in [6, 6.07) is 158. The lowest BCUT2D eigenvalue weighted by molar-refractivity contribution is 1.07. The van der Waals surface area contributed by atoms with Crippen LogP contribution in [0.2, 0.25) is 0 Å². The molecule has 0 spiro atoms. The van der Waals surface area contributed by atoms with Crippen LogP contribution in [0.15, 0.2) is 455 Å². The molecule has 0 amide bonds. The Kier molecular flexibility index (Phi) is 20.2. The maximum absolute atomic E-state index is 5.15. The molecule has 3 heterocycles. The lowest BCUT2D eigenvalue weighted by Gasteiger charge is -2.13. The van der Waals surface area contributed by atoms with E-state index in [0.29, 0.717) is 52.4 Å². The molecule has 3 aromatic heterocycles. The van der Waals surface area contributed by atoms with Crippen LogP contribution in [-0.4, -0.2) is 44.9 Å². The van der Waals surface area contributed by atoms with Crippen LogP contribution in [0.25, 0.3) is 222 Å². The van der Waals surface area contributed by atoms with Gasteiger partial charge in [-0.15, -0.1) is 0 Å². The van der Waals surface area contributed by atoms with E-state index in [1.165, 1.54) is 59.6 Å². The number of aromatic nitrogens is 9. The molecule has 23 aromatic rings. The van der Waals surface area contributed by atoms with Gasteiger partial charge < -0.3 is 0 Å². The van der Waals surface area contributed by atoms with Crippen LogP contribution < -0.4 is 0 Å². The summed E-state index contributed by atoms with van der Waals surface area (Å²) < 4.78 is 0. The fraction of sp³-hybridized carbons (Fsp3) is 0. The SMILES string of the molecule is c1ccc(-c2ccc(-c3nc(-c4cccc5ccccc45)nc(-c4cc5ccccc5c5ccccc45)n3)cc2)cc1.c1ccc(-c2cccc(-c3nc(-c4cccc(-c5ccccc5)c4)nc(-c4ccc5c(ccc6ccccc65)c4)n3)c2)cc1.c1ccc(-c2nc(-c3ccccc3)nc(-c3cccc(-c4cc5ccccc5c5ccccc45)c3)n2)cc1. The molecule has 9 heteroatoms. The largest absolute Gasteiger partial charge is 0.208 e. The van der Waals surface area contributed by atoms with Crippen molar-refractivity contribution in [2.75, 3.05) is 0 Å². The standard InChI is InChI=1S/C41H27N3.C39H25N3.C35H23N3/c1-3-11-28(12-4-1)31-16-9-18-34(25-31)39-42-40(35-19-10-17-32(26-35)29-13-5-2-6-14-29)44-41(43-39)36-23-24-38-33(27-36)22-21-30-15-7-8-20-37(30)38;1-2-11-26(12-3-1)27-21-23-29(24-22-27)37-40-38(35-20-10-15-28-13-4-6-16-31(28)35)42-39(41-37)36-25-30-14-5-7-17-32(30)33-18-8-9-19-34(33)36;1-3-12-24(13-4-1)33-36-34(25-14-5-2-6-15-25)38-35(37-33)28-18-11-17-26(22-28)32-23-27-16-7-8-19-29(27)30-20-9-10-21-31(30)32/h1-27H;1-25H;1-23H. The molecule has 20 aromatic carbocycles. The third-order valence-corrected chi connectivity index (χ3v) is 22.9. The molecule has 0 aliphatic rings. The highest BCUT2D eigenvalue weighted by molar-refractivity contribution is 6.15. The first-order chi connectivity index (χ1) is 61.4. The van der Waals surface area contributed by atoms with Gasteiger partial charge in [-0.2, -0.15) is 0 Å². The van der Waals surface area contributed by atoms with E-state index in [1.54, 1.807) is 0 Å². The molecule has 0 saturated carbocycles. The predicted octanol–water partition coefficient (Wildman–Crippen LogP) is 29.4. The molecule has 0 fully saturated rings. The lowest BCUT2D eigenvalue weighted by atomic mass is 9.92. The van der Waals surface area contributed by atoms with Crippen molar-refractivity contribution in [3.05, 3.63) is 455 Å². The molecule has 0 aliphatic carbocycles. The van der Waals surface area contributed by atoms with Crippen LogP contribution in [0.3, 0.4) is 0 Å². The number of nitrogens with zero attached hydrogens (tertiary/aromatic N) is 9. The van der Waals surface area contributed by atoms with Gasteiger partial charge >= 0.3 is 0 Å². The number of fused-ring (bicyclic) bond motifs is 10. The smallest absolute Gasteiger partial charge is 0.164 e. The third-order valence-electron chi connectivity index (χ3n) is 22.9. The highest BCUT2D eigenvalue weighted by Crippen LogP contribution is 2.41. The Balaban J connectivity index is 0.000000114. The molecule has 0 radical (unpaired) electrons. The van der Waals surface area contributed by atoms with E-state index in [-0.39, 0.29) is 0 Å². The lowest BCUT2D eigenvalue weighted by Crippen LogP contribution is -2.01. The van der Waals surface area contributed by atoms with Crippen molar-refractivity contribution in [3.63, 3.8) is 0 Å². The highest BCUT2D eigenvalue weighted by Gasteiger charge is 2.21. The summed E-state index contributed by atoms with van der Waals surface area (Å²) in [7, 11) is 0. The maximum atomic E-state index is 5.15. The quantitative estimate of drug-likeness (QED) is 0.104. The zero-order valence-corrected chi connectivity index (χ0v) is 67.3. The normalized spacial score (nSPS) is 11.2. The fourth-order valence-corrected chi connectivity index (χ4v) is 16.8. The molecule has 0 atom stereocenters. The van der Waals surface area contributed by atoms with Gasteiger partial charge in [0.25, 0.3) is 0 Å². The molecule has 9 nitrogen and oxygen atoms in total. The van der Waals surface area contributed by atoms with Gasteiger partial charge in [0.2, 0.25) is 0 Å². The summed E-state index contributed by atoms with van der Waals surface area (Å²) in [5.41, 5.74) is 17.9. The van der Waals surface area contributed by atoms with E-state index in [9.17, 15) is 0 Å². The average Bonchev–Trinajstić information content (AvgIpc) is 0.754. The number of hydrogen-bond donors (Lipinski definition) is 0. The molecular weight excluding hydrogens is 1510 g/mol. The molecule has 124 heavy (non-hydrogen) atoms. The van der Waals surface area contributed by atoms with Gasteiger partial charge in [0, 0.05) is 50.1 Å². The number of hydrogen-bond acceptors (Lipinski definition) is 9. The van der Waals surface area contributed by atoms with Crippen molar-refractivity contribution in [2.24, 2.45) is 0 Å². The fourth-order valence-electron chi connectivity index (χ4n) is 16.8. The average molecular weight is 1580 g/mol. The summed E-state index contributed by atoms with van der Waals surface area (Å²) in [5.74, 6) is 5.90. The van der Waals surface area contributed by atoms with E-state index >= 15 is 0 Å². The van der Waals surface area contributed by atoms with Gasteiger partial charge in [0.05, 0.1) is 0 Å². The first-order valence-corrected chi connectivity index (χ1v) is 41.6. The van der Waals surface area contributed by atoms with Crippen molar-refractivity contribution in [3.8, 4) is 147 Å². The molecule has 23 rings (SSSR count). The van der Waals surface area contributed by atoms with E-state index in [0.717, 1.165) is 110 Å². The van der Waals surface area contributed by atoms with Crippen LogP contribution in [0, 0.1) is 0 Å². The summed E-state index contributed by atoms with van der Waals surface area (Å²) in [5, 5.41) is 16.8. The van der Waals surface area contributed by atoms with Gasteiger partial charge in [0.1, 0.15) is 0 Å². The van der Waals surface area contributed by atoms with E-state index in [1.807, 2.05) is 78.9 Å². The summed E-state index contributed by atoms with van der Waals surface area (Å²) in [4.78, 5) is 45.2. The van der Waals surface area contributed by atoms with E-state index in [4.69, 9.17) is 44.9 Å². The Morgan fingerprint density at radius 1 is 0.0968 bits per heavy atom. The maximum Gasteiger partial charge on any atom is 0.164 e. The highest BCUT2D eigenvalue weighted by atomic mass is 15.1. The van der Waals surface area contributed by atoms with Crippen LogP contribution in [-0.2, 0) is 0 Å². The first kappa shape index (κ1) is 74.8. The molecule has 0 unspecified atom stereocenters. The Morgan fingerprint density at radius 3 is 0.823 bits per heavy atom. The minimum Gasteiger partial charge on any atom is -0.208 e. The van der Waals surface area contributed by atoms with Gasteiger partial charge in [0.15, 0.2) is 52.4 Å². The van der Waals surface area contributed by atoms with Crippen LogP contribution in [0.5, 0.6) is 0 Å². The van der Waals surface area contributed by atoms with Crippen LogP contribution in [0.4, 0.5) is 0 Å². The van der Waals surface area contributed by atoms with Gasteiger partial charge in [-0.3, -0.25) is 0 Å². The van der Waals surface area contributed by atoms with E-state index < -0.39 is 0 Å². The van der Waals surface area contributed by atoms with Crippen molar-refractivity contribution >= 4 is 75.4 Å². The molecular formula is C115H75N9. The topological polar surface area (TPSA) is 116 Å². The summed E-state index contributed by atoms with van der Waals surface area (Å²) >= 11 is 0. The Morgan fingerprint density at radius 2 is 0.339 bits per heavy atom. The minimum absolute atomic E-state index is 0.645. The third kappa shape index (κ3) is 15.3. The summed E-state index contributed by atoms with van der Waals surface area (Å²) in [6.45, 7) is 0. The van der Waals surface area contributed by atoms with Crippen LogP contribution >= 0.6 is 0 Å². The Bertz CT molecular complexity index is 7740. The van der Waals surface area contributed by atoms with Crippen molar-refractivity contribution in [1.29, 1.82) is 0 Å². The van der Waals surface area contributed by atoms with Crippen molar-refractivity contribution in [1.82, 2.24) is 44.9 Å². The molecule has 580 valence electrons. The summed E-state index contributed by atoms with van der Waals surface area (Å²) in [6.07, 6.45) is 0. The van der Waals surface area contributed by atoms with Crippen molar-refractivity contribution < 1.29 is 0 Å². The zero-order chi connectivity index (χ0) is 82.5. The first-order valence-electron chi connectivity index (χ1n) is 41.6. The molecule has 0 saturated heterocycles. The number of rotatable bonds is 13. The monoisotopic (exact) mass is 1580 g/mol.